The molecule has 1 aromatic heterocycles. The molecule has 4 nitrogen and oxygen atoms in total. The van der Waals surface area contributed by atoms with Crippen LogP contribution in [0.5, 0.6) is 0 Å². The maximum Gasteiger partial charge on any atom is 0.130 e. The molecule has 1 spiro atoms. The molecular formula is C23H32N4. The Morgan fingerprint density at radius 1 is 1.11 bits per heavy atom. The molecule has 0 aromatic carbocycles. The Bertz CT molecular complexity index is 731. The maximum absolute atomic E-state index is 4.83. The number of rotatable bonds is 4. The topological polar surface area (TPSA) is 31.4 Å². The molecule has 144 valence electrons. The smallest absolute Gasteiger partial charge is 0.130 e. The molecule has 3 heterocycles. The van der Waals surface area contributed by atoms with Gasteiger partial charge >= 0.3 is 0 Å². The van der Waals surface area contributed by atoms with Gasteiger partial charge in [0.2, 0.25) is 0 Å². The second-order valence-electron chi connectivity index (χ2n) is 8.43. The number of anilines is 1. The number of hydrogen-bond donors (Lipinski definition) is 1. The molecule has 1 aliphatic carbocycles. The van der Waals surface area contributed by atoms with Crippen LogP contribution in [0.25, 0.3) is 5.70 Å². The first-order valence-electron chi connectivity index (χ1n) is 10.4. The van der Waals surface area contributed by atoms with Crippen molar-refractivity contribution in [3.05, 3.63) is 54.4 Å². The molecule has 0 amide bonds. The van der Waals surface area contributed by atoms with Gasteiger partial charge in [0.05, 0.1) is 11.4 Å². The maximum atomic E-state index is 4.83. The van der Waals surface area contributed by atoms with Crippen molar-refractivity contribution in [2.45, 2.75) is 38.5 Å². The van der Waals surface area contributed by atoms with Crippen molar-refractivity contribution in [2.75, 3.05) is 38.5 Å². The highest BCUT2D eigenvalue weighted by molar-refractivity contribution is 5.61. The minimum atomic E-state index is 0.571. The van der Waals surface area contributed by atoms with Crippen molar-refractivity contribution in [3.63, 3.8) is 0 Å². The number of hydrogen-bond acceptors (Lipinski definition) is 4. The average molecular weight is 365 g/mol. The normalized spacial score (nSPS) is 22.6. The molecule has 3 aliphatic rings. The number of allylic oxidation sites excluding steroid dienone is 4. The number of pyridine rings is 1. The van der Waals surface area contributed by atoms with Crippen LogP contribution in [0, 0.1) is 5.41 Å². The van der Waals surface area contributed by atoms with Crippen LogP contribution in [-0.2, 0) is 0 Å². The molecule has 2 fully saturated rings. The van der Waals surface area contributed by atoms with Gasteiger partial charge < -0.3 is 15.1 Å². The largest absolute Gasteiger partial charge is 0.370 e. The molecule has 0 bridgehead atoms. The van der Waals surface area contributed by atoms with Gasteiger partial charge in [-0.2, -0.15) is 0 Å². The summed E-state index contributed by atoms with van der Waals surface area (Å²) in [5.74, 6) is 0.916. The lowest BCUT2D eigenvalue weighted by molar-refractivity contribution is 0.0611. The Morgan fingerprint density at radius 2 is 1.85 bits per heavy atom. The Kier molecular flexibility index (Phi) is 5.35. The third-order valence-electron chi connectivity index (χ3n) is 6.60. The third-order valence-corrected chi connectivity index (χ3v) is 6.60. The van der Waals surface area contributed by atoms with Crippen LogP contribution in [0.15, 0.2) is 48.7 Å². The van der Waals surface area contributed by atoms with E-state index in [2.05, 4.69) is 59.1 Å². The minimum Gasteiger partial charge on any atom is -0.370 e. The van der Waals surface area contributed by atoms with Crippen LogP contribution in [0.1, 0.15) is 44.2 Å². The molecule has 1 aromatic rings. The summed E-state index contributed by atoms with van der Waals surface area (Å²) in [6.07, 6.45) is 13.9. The lowest BCUT2D eigenvalue weighted by atomic mass is 9.71. The summed E-state index contributed by atoms with van der Waals surface area (Å²) in [5, 5.41) is 3.46. The van der Waals surface area contributed by atoms with Crippen molar-refractivity contribution in [3.8, 4) is 0 Å². The van der Waals surface area contributed by atoms with E-state index >= 15 is 0 Å². The Labute approximate surface area is 163 Å². The van der Waals surface area contributed by atoms with E-state index in [0.29, 0.717) is 5.41 Å². The SMILES string of the molecule is C=C(c1cccc(NC2=CC=CCC2)n1)N1CCC2(CCN(C)CC2)CC1. The van der Waals surface area contributed by atoms with Gasteiger partial charge in [-0.15, -0.1) is 0 Å². The number of likely N-dealkylation sites (tertiary alicyclic amines) is 2. The van der Waals surface area contributed by atoms with Gasteiger partial charge in [-0.05, 0) is 82.3 Å². The Hall–Kier alpha value is -2.07. The highest BCUT2D eigenvalue weighted by atomic mass is 15.2. The van der Waals surface area contributed by atoms with Crippen LogP contribution >= 0.6 is 0 Å². The Morgan fingerprint density at radius 3 is 2.56 bits per heavy atom. The fourth-order valence-corrected chi connectivity index (χ4v) is 4.54. The van der Waals surface area contributed by atoms with Gasteiger partial charge in [0, 0.05) is 18.8 Å². The van der Waals surface area contributed by atoms with Crippen LogP contribution < -0.4 is 5.32 Å². The molecule has 0 radical (unpaired) electrons. The average Bonchev–Trinajstić information content (AvgIpc) is 2.71. The minimum absolute atomic E-state index is 0.571. The molecular weight excluding hydrogens is 332 g/mol. The fraction of sp³-hybridized carbons (Fsp3) is 0.522. The van der Waals surface area contributed by atoms with Crippen LogP contribution in [0.2, 0.25) is 0 Å². The van der Waals surface area contributed by atoms with Crippen molar-refractivity contribution < 1.29 is 0 Å². The van der Waals surface area contributed by atoms with E-state index in [1.807, 2.05) is 6.07 Å². The molecule has 0 saturated carbocycles. The lowest BCUT2D eigenvalue weighted by Crippen LogP contribution is -2.45. The Balaban J connectivity index is 1.38. The highest BCUT2D eigenvalue weighted by Gasteiger charge is 2.37. The number of nitrogens with one attached hydrogen (secondary N) is 1. The molecule has 2 saturated heterocycles. The summed E-state index contributed by atoms with van der Waals surface area (Å²) in [6, 6.07) is 6.21. The van der Waals surface area contributed by atoms with E-state index in [0.717, 1.165) is 43.1 Å². The van der Waals surface area contributed by atoms with Gasteiger partial charge in [0.1, 0.15) is 5.82 Å². The zero-order valence-corrected chi connectivity index (χ0v) is 16.6. The fourth-order valence-electron chi connectivity index (χ4n) is 4.54. The molecule has 0 unspecified atom stereocenters. The summed E-state index contributed by atoms with van der Waals surface area (Å²) in [5.41, 5.74) is 3.86. The third kappa shape index (κ3) is 4.27. The van der Waals surface area contributed by atoms with Crippen LogP contribution in [0.4, 0.5) is 5.82 Å². The second kappa shape index (κ2) is 7.89. The summed E-state index contributed by atoms with van der Waals surface area (Å²) >= 11 is 0. The van der Waals surface area contributed by atoms with Crippen LogP contribution in [-0.4, -0.2) is 48.0 Å². The van der Waals surface area contributed by atoms with Gasteiger partial charge in [0.25, 0.3) is 0 Å². The van der Waals surface area contributed by atoms with E-state index < -0.39 is 0 Å². The molecule has 0 atom stereocenters. The predicted molar refractivity (Wildman–Crippen MR) is 113 cm³/mol. The van der Waals surface area contributed by atoms with Crippen molar-refractivity contribution >= 4 is 11.5 Å². The van der Waals surface area contributed by atoms with Gasteiger partial charge in [-0.1, -0.05) is 24.8 Å². The summed E-state index contributed by atoms with van der Waals surface area (Å²) in [7, 11) is 2.25. The standard InChI is InChI=1S/C23H32N4/c1-19(27-17-13-23(14-18-27)11-15-26(2)16-12-23)21-9-6-10-22(25-21)24-20-7-4-3-5-8-20/h3-4,6-7,9-10H,1,5,8,11-18H2,2H3,(H,24,25). The quantitative estimate of drug-likeness (QED) is 0.852. The zero-order chi connectivity index (χ0) is 18.7. The summed E-state index contributed by atoms with van der Waals surface area (Å²) in [6.45, 7) is 9.10. The van der Waals surface area contributed by atoms with Crippen molar-refractivity contribution in [1.29, 1.82) is 0 Å². The van der Waals surface area contributed by atoms with Gasteiger partial charge in [-0.25, -0.2) is 4.98 Å². The van der Waals surface area contributed by atoms with Crippen molar-refractivity contribution in [2.24, 2.45) is 5.41 Å². The van der Waals surface area contributed by atoms with Crippen LogP contribution in [0.3, 0.4) is 0 Å². The molecule has 27 heavy (non-hydrogen) atoms. The molecule has 4 rings (SSSR count). The van der Waals surface area contributed by atoms with Gasteiger partial charge in [-0.3, -0.25) is 0 Å². The molecule has 4 heteroatoms. The second-order valence-corrected chi connectivity index (χ2v) is 8.43. The van der Waals surface area contributed by atoms with E-state index in [9.17, 15) is 0 Å². The van der Waals surface area contributed by atoms with E-state index in [1.54, 1.807) is 0 Å². The predicted octanol–water partition coefficient (Wildman–Crippen LogP) is 4.51. The summed E-state index contributed by atoms with van der Waals surface area (Å²) < 4.78 is 0. The molecule has 2 aliphatic heterocycles. The van der Waals surface area contributed by atoms with E-state index in [1.165, 1.54) is 44.5 Å². The lowest BCUT2D eigenvalue weighted by Gasteiger charge is -2.47. The van der Waals surface area contributed by atoms with E-state index in [4.69, 9.17) is 4.98 Å². The zero-order valence-electron chi connectivity index (χ0n) is 16.6. The first-order chi connectivity index (χ1) is 13.1. The van der Waals surface area contributed by atoms with Crippen molar-refractivity contribution in [1.82, 2.24) is 14.8 Å². The van der Waals surface area contributed by atoms with Gasteiger partial charge in [0.15, 0.2) is 0 Å². The number of piperidine rings is 2. The highest BCUT2D eigenvalue weighted by Crippen LogP contribution is 2.42. The first-order valence-corrected chi connectivity index (χ1v) is 10.4. The first kappa shape index (κ1) is 18.3. The number of nitrogens with zero attached hydrogens (tertiary/aromatic N) is 3. The number of aromatic nitrogens is 1. The molecule has 1 N–H and O–H groups in total. The summed E-state index contributed by atoms with van der Waals surface area (Å²) in [4.78, 5) is 9.74. The monoisotopic (exact) mass is 364 g/mol. The van der Waals surface area contributed by atoms with E-state index in [-0.39, 0.29) is 0 Å².